The van der Waals surface area contributed by atoms with Crippen LogP contribution in [0.3, 0.4) is 0 Å². The molecule has 0 aliphatic carbocycles. The molecule has 0 amide bonds. The van der Waals surface area contributed by atoms with Crippen LogP contribution in [0, 0.1) is 13.8 Å². The second kappa shape index (κ2) is 9.91. The van der Waals surface area contributed by atoms with E-state index in [0.29, 0.717) is 12.1 Å². The van der Waals surface area contributed by atoms with Crippen LogP contribution in [0.15, 0.2) is 47.4 Å². The Labute approximate surface area is 202 Å². The molecule has 13 heteroatoms. The van der Waals surface area contributed by atoms with Gasteiger partial charge < -0.3 is 8.74 Å². The Hall–Kier alpha value is -3.03. The van der Waals surface area contributed by atoms with Crippen LogP contribution in [0.5, 0.6) is 5.88 Å². The van der Waals surface area contributed by atoms with Gasteiger partial charge in [-0.1, -0.05) is 23.8 Å². The van der Waals surface area contributed by atoms with E-state index < -0.39 is 50.4 Å². The zero-order valence-corrected chi connectivity index (χ0v) is 20.4. The highest BCUT2D eigenvalue weighted by atomic mass is 32.2. The molecule has 0 aliphatic heterocycles. The van der Waals surface area contributed by atoms with Crippen LogP contribution >= 0.6 is 0 Å². The molecule has 1 N–H and O–H groups in total. The van der Waals surface area contributed by atoms with Crippen molar-refractivity contribution in [2.45, 2.75) is 44.1 Å². The summed E-state index contributed by atoms with van der Waals surface area (Å²) in [5, 5.41) is 4.13. The largest absolute Gasteiger partial charge is 0.416 e. The lowest BCUT2D eigenvalue weighted by Gasteiger charge is -2.14. The predicted molar refractivity (Wildman–Crippen MR) is 121 cm³/mol. The number of rotatable bonds is 8. The number of aromatic nitrogens is 2. The zero-order valence-electron chi connectivity index (χ0n) is 18.8. The number of hydrogen-bond donors (Lipinski definition) is 1. The molecule has 1 unspecified atom stereocenters. The molecule has 0 spiro atoms. The highest BCUT2D eigenvalue weighted by Gasteiger charge is 2.34. The van der Waals surface area contributed by atoms with Gasteiger partial charge in [-0.3, -0.25) is 4.79 Å². The molecule has 3 aromatic rings. The molecule has 1 heterocycles. The number of nitrogens with zero attached hydrogens (tertiary/aromatic N) is 2. The van der Waals surface area contributed by atoms with Gasteiger partial charge in [-0.15, -0.1) is 0 Å². The molecule has 0 fully saturated rings. The van der Waals surface area contributed by atoms with Gasteiger partial charge in [-0.05, 0) is 50.6 Å². The Bertz CT molecular complexity index is 1400. The van der Waals surface area contributed by atoms with Gasteiger partial charge in [0.15, 0.2) is 11.1 Å². The van der Waals surface area contributed by atoms with Crippen LogP contribution in [0.2, 0.25) is 0 Å². The third kappa shape index (κ3) is 5.80. The quantitative estimate of drug-likeness (QED) is 0.263. The SMILES string of the molecule is CCn1nc(C)c(C(=O)c2ccc(C(F)(F)F)cc2CS(=O)O)c1OS(=O)(=O)c1ccc(C)cc1. The molecular formula is C22H21F3N2O6S2. The number of carbonyl (C=O) groups is 1. The summed E-state index contributed by atoms with van der Waals surface area (Å²) < 4.78 is 92.5. The van der Waals surface area contributed by atoms with Crippen LogP contribution in [-0.2, 0) is 39.7 Å². The summed E-state index contributed by atoms with van der Waals surface area (Å²) in [6.45, 7) is 4.93. The average molecular weight is 531 g/mol. The number of carbonyl (C=O) groups excluding carboxylic acids is 1. The lowest BCUT2D eigenvalue weighted by Crippen LogP contribution is -2.16. The van der Waals surface area contributed by atoms with Crippen LogP contribution < -0.4 is 4.18 Å². The van der Waals surface area contributed by atoms with E-state index in [1.807, 2.05) is 0 Å². The molecule has 1 atom stereocenters. The fraction of sp³-hybridized carbons (Fsp3) is 0.273. The summed E-state index contributed by atoms with van der Waals surface area (Å²) in [6.07, 6.45) is -4.74. The number of ketones is 1. The van der Waals surface area contributed by atoms with Gasteiger partial charge in [-0.25, -0.2) is 8.89 Å². The first-order chi connectivity index (χ1) is 16.2. The normalized spacial score (nSPS) is 13.0. The first-order valence-electron chi connectivity index (χ1n) is 10.2. The van der Waals surface area contributed by atoms with E-state index in [2.05, 4.69) is 5.10 Å². The summed E-state index contributed by atoms with van der Waals surface area (Å²) in [6, 6.07) is 7.95. The lowest BCUT2D eigenvalue weighted by molar-refractivity contribution is -0.137. The van der Waals surface area contributed by atoms with Crippen molar-refractivity contribution in [3.05, 3.63) is 76.0 Å². The second-order valence-corrected chi connectivity index (χ2v) is 10.1. The summed E-state index contributed by atoms with van der Waals surface area (Å²) in [4.78, 5) is 13.3. The molecule has 3 rings (SSSR count). The van der Waals surface area contributed by atoms with E-state index in [0.717, 1.165) is 16.3 Å². The Morgan fingerprint density at radius 2 is 1.77 bits per heavy atom. The maximum atomic E-state index is 13.5. The van der Waals surface area contributed by atoms with Crippen LogP contribution in [0.4, 0.5) is 13.2 Å². The van der Waals surface area contributed by atoms with Crippen molar-refractivity contribution in [3.63, 3.8) is 0 Å². The summed E-state index contributed by atoms with van der Waals surface area (Å²) in [5.41, 5.74) is -1.15. The molecule has 0 saturated heterocycles. The van der Waals surface area contributed by atoms with Gasteiger partial charge in [0, 0.05) is 12.1 Å². The molecule has 2 aromatic carbocycles. The Morgan fingerprint density at radius 1 is 1.14 bits per heavy atom. The molecule has 188 valence electrons. The van der Waals surface area contributed by atoms with Crippen molar-refractivity contribution in [2.75, 3.05) is 0 Å². The number of alkyl halides is 3. The summed E-state index contributed by atoms with van der Waals surface area (Å²) in [7, 11) is -4.39. The van der Waals surface area contributed by atoms with Crippen LogP contribution in [-0.4, -0.2) is 32.7 Å². The minimum atomic E-state index is -4.74. The molecular weight excluding hydrogens is 509 g/mol. The predicted octanol–water partition coefficient (Wildman–Crippen LogP) is 4.26. The summed E-state index contributed by atoms with van der Waals surface area (Å²) >= 11 is -2.55. The van der Waals surface area contributed by atoms with Crippen molar-refractivity contribution < 1.29 is 39.3 Å². The topological polar surface area (TPSA) is 116 Å². The van der Waals surface area contributed by atoms with Crippen LogP contribution in [0.25, 0.3) is 0 Å². The molecule has 0 radical (unpaired) electrons. The number of aryl methyl sites for hydroxylation is 3. The van der Waals surface area contributed by atoms with Crippen molar-refractivity contribution in [3.8, 4) is 5.88 Å². The maximum absolute atomic E-state index is 13.5. The Kier molecular flexibility index (Phi) is 7.53. The number of halogens is 3. The first-order valence-corrected chi connectivity index (χ1v) is 12.8. The lowest BCUT2D eigenvalue weighted by atomic mass is 9.97. The minimum absolute atomic E-state index is 0.0712. The molecule has 0 aliphatic rings. The average Bonchev–Trinajstić information content (AvgIpc) is 3.06. The standard InChI is InChI=1S/C22H21F3N2O6S2/c1-4-27-21(33-35(31,32)17-8-5-13(2)6-9-17)19(14(3)26-27)20(28)18-10-7-16(22(23,24)25)11-15(18)12-34(29)30/h5-11H,4,12H2,1-3H3,(H,29,30). The van der Waals surface area contributed by atoms with Gasteiger partial charge >= 0.3 is 16.3 Å². The van der Waals surface area contributed by atoms with Gasteiger partial charge in [0.2, 0.25) is 11.7 Å². The Balaban J connectivity index is 2.14. The maximum Gasteiger partial charge on any atom is 0.416 e. The van der Waals surface area contributed by atoms with Gasteiger partial charge in [0.05, 0.1) is 17.0 Å². The molecule has 35 heavy (non-hydrogen) atoms. The highest BCUT2D eigenvalue weighted by Crippen LogP contribution is 2.34. The van der Waals surface area contributed by atoms with Gasteiger partial charge in [0.1, 0.15) is 10.5 Å². The molecule has 8 nitrogen and oxygen atoms in total. The smallest absolute Gasteiger partial charge is 0.358 e. The first kappa shape index (κ1) is 26.6. The van der Waals surface area contributed by atoms with E-state index in [-0.39, 0.29) is 33.8 Å². The van der Waals surface area contributed by atoms with E-state index >= 15 is 0 Å². The van der Waals surface area contributed by atoms with Crippen molar-refractivity contribution in [1.82, 2.24) is 9.78 Å². The fourth-order valence-electron chi connectivity index (χ4n) is 3.36. The highest BCUT2D eigenvalue weighted by molar-refractivity contribution is 7.87. The third-order valence-corrected chi connectivity index (χ3v) is 6.85. The van der Waals surface area contributed by atoms with Crippen molar-refractivity contribution in [1.29, 1.82) is 0 Å². The van der Waals surface area contributed by atoms with E-state index in [1.54, 1.807) is 26.0 Å². The van der Waals surface area contributed by atoms with E-state index in [1.165, 1.54) is 19.1 Å². The number of benzene rings is 2. The van der Waals surface area contributed by atoms with E-state index in [9.17, 15) is 35.1 Å². The van der Waals surface area contributed by atoms with E-state index in [4.69, 9.17) is 4.18 Å². The van der Waals surface area contributed by atoms with Crippen LogP contribution in [0.1, 0.15) is 45.2 Å². The van der Waals surface area contributed by atoms with Gasteiger partial charge in [0.25, 0.3) is 0 Å². The molecule has 0 bridgehead atoms. The van der Waals surface area contributed by atoms with Crippen molar-refractivity contribution >= 4 is 27.0 Å². The van der Waals surface area contributed by atoms with Crippen molar-refractivity contribution in [2.24, 2.45) is 0 Å². The Morgan fingerprint density at radius 3 is 2.31 bits per heavy atom. The zero-order chi connectivity index (χ0) is 26.1. The monoisotopic (exact) mass is 530 g/mol. The summed E-state index contributed by atoms with van der Waals surface area (Å²) in [5.74, 6) is -2.05. The number of hydrogen-bond acceptors (Lipinski definition) is 6. The fourth-order valence-corrected chi connectivity index (χ4v) is 4.80. The minimum Gasteiger partial charge on any atom is -0.358 e. The molecule has 0 saturated carbocycles. The third-order valence-electron chi connectivity index (χ3n) is 5.06. The van der Waals surface area contributed by atoms with Gasteiger partial charge in [-0.2, -0.15) is 26.7 Å². The second-order valence-electron chi connectivity index (χ2n) is 7.60. The molecule has 1 aromatic heterocycles.